The van der Waals surface area contributed by atoms with Gasteiger partial charge in [-0.15, -0.1) is 0 Å². The second-order valence-electron chi connectivity index (χ2n) is 8.70. The number of amides is 2. The number of carbonyl (C=O) groups excluding carboxylic acids is 2. The Kier molecular flexibility index (Phi) is 5.32. The van der Waals surface area contributed by atoms with Crippen LogP contribution in [0.25, 0.3) is 0 Å². The number of phenols is 1. The molecule has 1 spiro atoms. The average Bonchev–Trinajstić information content (AvgIpc) is 3.20. The van der Waals surface area contributed by atoms with Crippen molar-refractivity contribution < 1.29 is 19.4 Å². The normalized spacial score (nSPS) is 24.8. The number of aromatic hydroxyl groups is 1. The van der Waals surface area contributed by atoms with Gasteiger partial charge in [-0.1, -0.05) is 0 Å². The summed E-state index contributed by atoms with van der Waals surface area (Å²) >= 11 is 0. The van der Waals surface area contributed by atoms with E-state index in [1.165, 1.54) is 0 Å². The number of rotatable bonds is 3. The molecule has 3 fully saturated rings. The van der Waals surface area contributed by atoms with Crippen LogP contribution in [-0.4, -0.2) is 65.6 Å². The van der Waals surface area contributed by atoms with Crippen LogP contribution < -0.4 is 0 Å². The molecule has 0 bridgehead atoms. The van der Waals surface area contributed by atoms with Gasteiger partial charge in [0.2, 0.25) is 5.91 Å². The molecular weight excluding hydrogens is 356 g/mol. The minimum absolute atomic E-state index is 0.0287. The molecule has 6 nitrogen and oxygen atoms in total. The minimum Gasteiger partial charge on any atom is -0.508 e. The maximum Gasteiger partial charge on any atom is 0.253 e. The summed E-state index contributed by atoms with van der Waals surface area (Å²) in [4.78, 5) is 29.2. The van der Waals surface area contributed by atoms with Gasteiger partial charge in [0.15, 0.2) is 0 Å². The van der Waals surface area contributed by atoms with E-state index in [9.17, 15) is 14.7 Å². The van der Waals surface area contributed by atoms with Crippen molar-refractivity contribution in [3.8, 4) is 5.75 Å². The zero-order chi connectivity index (χ0) is 19.7. The van der Waals surface area contributed by atoms with Gasteiger partial charge in [-0.3, -0.25) is 9.59 Å². The summed E-state index contributed by atoms with van der Waals surface area (Å²) in [6.07, 6.45) is 5.73. The third-order valence-corrected chi connectivity index (χ3v) is 6.75. The summed E-state index contributed by atoms with van der Waals surface area (Å²) in [5.41, 5.74) is 1.48. The first-order valence-corrected chi connectivity index (χ1v) is 10.4. The van der Waals surface area contributed by atoms with Crippen LogP contribution >= 0.6 is 0 Å². The molecule has 0 aliphatic carbocycles. The predicted octanol–water partition coefficient (Wildman–Crippen LogP) is 2.72. The van der Waals surface area contributed by atoms with Crippen molar-refractivity contribution in [2.45, 2.75) is 51.6 Å². The van der Waals surface area contributed by atoms with Gasteiger partial charge >= 0.3 is 0 Å². The Hall–Kier alpha value is -2.08. The summed E-state index contributed by atoms with van der Waals surface area (Å²) in [6.45, 7) is 5.58. The number of nitrogens with zero attached hydrogens (tertiary/aromatic N) is 2. The topological polar surface area (TPSA) is 70.1 Å². The fraction of sp³-hybridized carbons (Fsp3) is 0.636. The zero-order valence-electron chi connectivity index (χ0n) is 16.7. The molecule has 3 saturated heterocycles. The fourth-order valence-electron chi connectivity index (χ4n) is 4.87. The highest BCUT2D eigenvalue weighted by Gasteiger charge is 2.42. The summed E-state index contributed by atoms with van der Waals surface area (Å²) < 4.78 is 5.73. The van der Waals surface area contributed by atoms with Gasteiger partial charge in [0.1, 0.15) is 5.75 Å². The van der Waals surface area contributed by atoms with Crippen molar-refractivity contribution >= 4 is 11.8 Å². The van der Waals surface area contributed by atoms with Crippen molar-refractivity contribution in [2.24, 2.45) is 5.41 Å². The van der Waals surface area contributed by atoms with Crippen molar-refractivity contribution in [1.29, 1.82) is 0 Å². The van der Waals surface area contributed by atoms with Crippen LogP contribution in [0.15, 0.2) is 18.2 Å². The van der Waals surface area contributed by atoms with Crippen molar-refractivity contribution in [2.75, 3.05) is 32.8 Å². The van der Waals surface area contributed by atoms with Crippen molar-refractivity contribution in [3.05, 3.63) is 29.3 Å². The van der Waals surface area contributed by atoms with Crippen LogP contribution in [-0.2, 0) is 9.53 Å². The third-order valence-electron chi connectivity index (χ3n) is 6.75. The number of ether oxygens (including phenoxy) is 1. The molecule has 1 aromatic carbocycles. The second-order valence-corrected chi connectivity index (χ2v) is 8.70. The highest BCUT2D eigenvalue weighted by molar-refractivity contribution is 5.94. The molecule has 1 unspecified atom stereocenters. The molecular formula is C22H30N2O4. The molecule has 1 atom stereocenters. The van der Waals surface area contributed by atoms with Gasteiger partial charge in [0.25, 0.3) is 5.91 Å². The Balaban J connectivity index is 1.37. The van der Waals surface area contributed by atoms with E-state index in [2.05, 4.69) is 0 Å². The molecule has 4 rings (SSSR count). The standard InChI is InChI=1S/C22H30N2O4/c1-16-13-17(4-5-19(16)25)21(27)23-10-8-22(9-11-23)7-6-20(26)24(15-22)14-18-3-2-12-28-18/h4-5,13,18,25H,2-3,6-12,14-15H2,1H3. The van der Waals surface area contributed by atoms with E-state index in [0.717, 1.165) is 70.5 Å². The molecule has 0 radical (unpaired) electrons. The summed E-state index contributed by atoms with van der Waals surface area (Å²) in [5, 5.41) is 9.68. The number of likely N-dealkylation sites (tertiary alicyclic amines) is 2. The molecule has 0 aromatic heterocycles. The lowest BCUT2D eigenvalue weighted by atomic mass is 9.72. The molecule has 28 heavy (non-hydrogen) atoms. The third kappa shape index (κ3) is 3.88. The number of hydrogen-bond acceptors (Lipinski definition) is 4. The average molecular weight is 386 g/mol. The van der Waals surface area contributed by atoms with Crippen molar-refractivity contribution in [3.63, 3.8) is 0 Å². The van der Waals surface area contributed by atoms with Crippen LogP contribution in [0.5, 0.6) is 5.75 Å². The van der Waals surface area contributed by atoms with Gasteiger partial charge in [-0.25, -0.2) is 0 Å². The maximum atomic E-state index is 12.8. The monoisotopic (exact) mass is 386 g/mol. The van der Waals surface area contributed by atoms with E-state index in [0.29, 0.717) is 12.0 Å². The van der Waals surface area contributed by atoms with Gasteiger partial charge in [-0.2, -0.15) is 0 Å². The Morgan fingerprint density at radius 2 is 2.07 bits per heavy atom. The number of hydrogen-bond donors (Lipinski definition) is 1. The Morgan fingerprint density at radius 3 is 2.75 bits per heavy atom. The fourth-order valence-corrected chi connectivity index (χ4v) is 4.87. The van der Waals surface area contributed by atoms with Crippen LogP contribution in [0.4, 0.5) is 0 Å². The largest absolute Gasteiger partial charge is 0.508 e. The van der Waals surface area contributed by atoms with E-state index in [1.54, 1.807) is 25.1 Å². The first kappa shape index (κ1) is 19.2. The lowest BCUT2D eigenvalue weighted by Gasteiger charge is -2.47. The highest BCUT2D eigenvalue weighted by atomic mass is 16.5. The number of piperidine rings is 2. The summed E-state index contributed by atoms with van der Waals surface area (Å²) in [7, 11) is 0. The van der Waals surface area contributed by atoms with E-state index in [4.69, 9.17) is 4.74 Å². The summed E-state index contributed by atoms with van der Waals surface area (Å²) in [6, 6.07) is 5.03. The molecule has 3 aliphatic heterocycles. The van der Waals surface area contributed by atoms with Gasteiger partial charge in [-0.05, 0) is 68.2 Å². The first-order chi connectivity index (χ1) is 13.5. The summed E-state index contributed by atoms with van der Waals surface area (Å²) in [5.74, 6) is 0.493. The SMILES string of the molecule is Cc1cc(C(=O)N2CCC3(CCC(=O)N(CC4CCCO4)C3)CC2)ccc1O. The second kappa shape index (κ2) is 7.74. The Bertz CT molecular complexity index is 749. The maximum absolute atomic E-state index is 12.8. The van der Waals surface area contributed by atoms with Crippen LogP contribution in [0.2, 0.25) is 0 Å². The Morgan fingerprint density at radius 1 is 1.29 bits per heavy atom. The van der Waals surface area contributed by atoms with E-state index in [-0.39, 0.29) is 29.1 Å². The van der Waals surface area contributed by atoms with E-state index >= 15 is 0 Å². The number of phenolic OH excluding ortho intramolecular Hbond substituents is 1. The molecule has 1 aromatic rings. The molecule has 6 heteroatoms. The van der Waals surface area contributed by atoms with Crippen LogP contribution in [0.3, 0.4) is 0 Å². The number of aryl methyl sites for hydroxylation is 1. The molecule has 152 valence electrons. The molecule has 0 saturated carbocycles. The predicted molar refractivity (Wildman–Crippen MR) is 105 cm³/mol. The number of carbonyl (C=O) groups is 2. The smallest absolute Gasteiger partial charge is 0.253 e. The van der Waals surface area contributed by atoms with Gasteiger partial charge < -0.3 is 19.6 Å². The Labute approximate surface area is 166 Å². The highest BCUT2D eigenvalue weighted by Crippen LogP contribution is 2.40. The lowest BCUT2D eigenvalue weighted by molar-refractivity contribution is -0.141. The number of benzene rings is 1. The molecule has 2 amide bonds. The van der Waals surface area contributed by atoms with Crippen LogP contribution in [0, 0.1) is 12.3 Å². The molecule has 3 heterocycles. The minimum atomic E-state index is 0.0287. The van der Waals surface area contributed by atoms with Gasteiger partial charge in [0, 0.05) is 44.8 Å². The quantitative estimate of drug-likeness (QED) is 0.867. The molecule has 3 aliphatic rings. The van der Waals surface area contributed by atoms with Crippen LogP contribution in [0.1, 0.15) is 54.4 Å². The lowest BCUT2D eigenvalue weighted by Crippen LogP contribution is -2.53. The van der Waals surface area contributed by atoms with Crippen molar-refractivity contribution in [1.82, 2.24) is 9.80 Å². The van der Waals surface area contributed by atoms with E-state index < -0.39 is 0 Å². The zero-order valence-corrected chi connectivity index (χ0v) is 16.7. The van der Waals surface area contributed by atoms with E-state index in [1.807, 2.05) is 9.80 Å². The first-order valence-electron chi connectivity index (χ1n) is 10.4. The molecule has 1 N–H and O–H groups in total. The van der Waals surface area contributed by atoms with Gasteiger partial charge in [0.05, 0.1) is 6.10 Å².